The molecule has 74 valence electrons. The Kier molecular flexibility index (Phi) is 5.51. The van der Waals surface area contributed by atoms with Crippen LogP contribution in [0, 0.1) is 5.41 Å². The van der Waals surface area contributed by atoms with Crippen LogP contribution in [0.1, 0.15) is 40.5 Å². The van der Waals surface area contributed by atoms with E-state index in [4.69, 9.17) is 5.73 Å². The molecule has 0 radical (unpaired) electrons. The average Bonchev–Trinajstić information content (AvgIpc) is 1.96. The van der Waals surface area contributed by atoms with Crippen LogP contribution in [0.15, 0.2) is 0 Å². The van der Waals surface area contributed by atoms with Crippen molar-refractivity contribution in [3.63, 3.8) is 0 Å². The summed E-state index contributed by atoms with van der Waals surface area (Å²) in [4.78, 5) is 0. The largest absolute Gasteiger partial charge is 0.327 e. The van der Waals surface area contributed by atoms with Gasteiger partial charge in [0.1, 0.15) is 0 Å². The van der Waals surface area contributed by atoms with Crippen molar-refractivity contribution in [2.45, 2.75) is 46.6 Å². The van der Waals surface area contributed by atoms with Gasteiger partial charge in [-0.3, -0.25) is 0 Å². The minimum Gasteiger partial charge on any atom is -0.327 e. The van der Waals surface area contributed by atoms with E-state index < -0.39 is 0 Å². The van der Waals surface area contributed by atoms with Gasteiger partial charge in [0.15, 0.2) is 0 Å². The first-order chi connectivity index (χ1) is 5.48. The second-order valence-corrected chi connectivity index (χ2v) is 4.51. The van der Waals surface area contributed by atoms with E-state index in [0.29, 0.717) is 6.04 Å². The molecule has 0 amide bonds. The summed E-state index contributed by atoms with van der Waals surface area (Å²) in [6.07, 6.45) is 2.27. The van der Waals surface area contributed by atoms with Gasteiger partial charge >= 0.3 is 0 Å². The molecular formula is C10H24N2. The molecule has 1 atom stereocenters. The van der Waals surface area contributed by atoms with E-state index >= 15 is 0 Å². The normalized spacial score (nSPS) is 14.8. The highest BCUT2D eigenvalue weighted by atomic mass is 14.9. The summed E-state index contributed by atoms with van der Waals surface area (Å²) < 4.78 is 0. The second kappa shape index (κ2) is 5.55. The van der Waals surface area contributed by atoms with Crippen LogP contribution in [0.25, 0.3) is 0 Å². The van der Waals surface area contributed by atoms with E-state index in [0.717, 1.165) is 19.5 Å². The lowest BCUT2D eigenvalue weighted by Gasteiger charge is -2.27. The Hall–Kier alpha value is -0.0800. The molecule has 0 saturated carbocycles. The Labute approximate surface area is 76.9 Å². The van der Waals surface area contributed by atoms with Crippen molar-refractivity contribution in [1.29, 1.82) is 0 Å². The van der Waals surface area contributed by atoms with Gasteiger partial charge in [-0.05, 0) is 31.3 Å². The predicted molar refractivity (Wildman–Crippen MR) is 55.2 cm³/mol. The lowest BCUT2D eigenvalue weighted by Crippen LogP contribution is -2.37. The Balaban J connectivity index is 3.38. The summed E-state index contributed by atoms with van der Waals surface area (Å²) in [5, 5.41) is 3.36. The van der Waals surface area contributed by atoms with Crippen LogP contribution in [-0.4, -0.2) is 19.1 Å². The minimum atomic E-state index is 0.244. The Morgan fingerprint density at radius 2 is 1.83 bits per heavy atom. The van der Waals surface area contributed by atoms with Crippen molar-refractivity contribution in [2.75, 3.05) is 13.1 Å². The van der Waals surface area contributed by atoms with Crippen molar-refractivity contribution in [3.05, 3.63) is 0 Å². The Bertz CT molecular complexity index is 105. The van der Waals surface area contributed by atoms with Gasteiger partial charge < -0.3 is 11.1 Å². The minimum absolute atomic E-state index is 0.244. The first-order valence-electron chi connectivity index (χ1n) is 4.94. The number of hydrogen-bond acceptors (Lipinski definition) is 2. The number of rotatable bonds is 5. The molecule has 12 heavy (non-hydrogen) atoms. The lowest BCUT2D eigenvalue weighted by atomic mass is 9.85. The number of hydrogen-bond donors (Lipinski definition) is 2. The summed E-state index contributed by atoms with van der Waals surface area (Å²) in [5.41, 5.74) is 6.24. The number of nitrogens with two attached hydrogens (primary N) is 1. The zero-order valence-corrected chi connectivity index (χ0v) is 8.98. The first-order valence-corrected chi connectivity index (χ1v) is 4.94. The van der Waals surface area contributed by atoms with Crippen molar-refractivity contribution < 1.29 is 0 Å². The molecule has 3 N–H and O–H groups in total. The molecule has 0 aliphatic carbocycles. The maximum Gasteiger partial charge on any atom is 0.00997 e. The molecule has 0 aromatic heterocycles. The van der Waals surface area contributed by atoms with Crippen LogP contribution >= 0.6 is 0 Å². The van der Waals surface area contributed by atoms with Gasteiger partial charge in [-0.2, -0.15) is 0 Å². The molecule has 2 nitrogen and oxygen atoms in total. The van der Waals surface area contributed by atoms with E-state index in [1.54, 1.807) is 0 Å². The van der Waals surface area contributed by atoms with E-state index in [9.17, 15) is 0 Å². The van der Waals surface area contributed by atoms with Gasteiger partial charge in [-0.15, -0.1) is 0 Å². The molecule has 0 spiro atoms. The molecule has 0 bridgehead atoms. The van der Waals surface area contributed by atoms with Crippen LogP contribution in [0.5, 0.6) is 0 Å². The topological polar surface area (TPSA) is 38.0 Å². The van der Waals surface area contributed by atoms with Gasteiger partial charge in [0.05, 0.1) is 0 Å². The fraction of sp³-hybridized carbons (Fsp3) is 1.00. The summed E-state index contributed by atoms with van der Waals surface area (Å²) in [7, 11) is 0. The highest BCUT2D eigenvalue weighted by Crippen LogP contribution is 2.18. The zero-order chi connectivity index (χ0) is 9.61. The lowest BCUT2D eigenvalue weighted by molar-refractivity contribution is 0.303. The van der Waals surface area contributed by atoms with Crippen LogP contribution < -0.4 is 11.1 Å². The van der Waals surface area contributed by atoms with Gasteiger partial charge in [-0.25, -0.2) is 0 Å². The third-order valence-corrected chi connectivity index (χ3v) is 2.17. The SMILES string of the molecule is CCCNCCC(N)C(C)(C)C. The molecule has 0 aromatic rings. The molecule has 0 aliphatic heterocycles. The van der Waals surface area contributed by atoms with Crippen LogP contribution in [0.3, 0.4) is 0 Å². The molecule has 2 heteroatoms. The standard InChI is InChI=1S/C10H24N2/c1-5-7-12-8-6-9(11)10(2,3)4/h9,12H,5-8,11H2,1-4H3. The second-order valence-electron chi connectivity index (χ2n) is 4.51. The summed E-state index contributed by atoms with van der Waals surface area (Å²) in [5.74, 6) is 0. The quantitative estimate of drug-likeness (QED) is 0.620. The molecule has 0 aromatic carbocycles. The van der Waals surface area contributed by atoms with Gasteiger partial charge in [0.25, 0.3) is 0 Å². The van der Waals surface area contributed by atoms with Crippen molar-refractivity contribution in [2.24, 2.45) is 11.1 Å². The molecule has 0 heterocycles. The van der Waals surface area contributed by atoms with Gasteiger partial charge in [0, 0.05) is 6.04 Å². The smallest absolute Gasteiger partial charge is 0.00997 e. The average molecular weight is 172 g/mol. The highest BCUT2D eigenvalue weighted by molar-refractivity contribution is 4.77. The maximum absolute atomic E-state index is 5.99. The molecule has 0 aliphatic rings. The van der Waals surface area contributed by atoms with Gasteiger partial charge in [0.2, 0.25) is 0 Å². The zero-order valence-electron chi connectivity index (χ0n) is 8.98. The fourth-order valence-corrected chi connectivity index (χ4v) is 0.992. The summed E-state index contributed by atoms with van der Waals surface area (Å²) >= 11 is 0. The summed E-state index contributed by atoms with van der Waals surface area (Å²) in [6.45, 7) is 10.9. The van der Waals surface area contributed by atoms with Crippen LogP contribution in [0.4, 0.5) is 0 Å². The van der Waals surface area contributed by atoms with Crippen LogP contribution in [-0.2, 0) is 0 Å². The molecule has 1 unspecified atom stereocenters. The Morgan fingerprint density at radius 3 is 2.25 bits per heavy atom. The van der Waals surface area contributed by atoms with Crippen molar-refractivity contribution >= 4 is 0 Å². The van der Waals surface area contributed by atoms with E-state index in [2.05, 4.69) is 33.0 Å². The van der Waals surface area contributed by atoms with E-state index in [-0.39, 0.29) is 5.41 Å². The monoisotopic (exact) mass is 172 g/mol. The van der Waals surface area contributed by atoms with E-state index in [1.807, 2.05) is 0 Å². The maximum atomic E-state index is 5.99. The predicted octanol–water partition coefficient (Wildman–Crippen LogP) is 1.75. The third kappa shape index (κ3) is 5.56. The van der Waals surface area contributed by atoms with Crippen LogP contribution in [0.2, 0.25) is 0 Å². The molecule has 0 rings (SSSR count). The third-order valence-electron chi connectivity index (χ3n) is 2.17. The van der Waals surface area contributed by atoms with Crippen molar-refractivity contribution in [1.82, 2.24) is 5.32 Å². The van der Waals surface area contributed by atoms with E-state index in [1.165, 1.54) is 6.42 Å². The van der Waals surface area contributed by atoms with Crippen molar-refractivity contribution in [3.8, 4) is 0 Å². The Morgan fingerprint density at radius 1 is 1.25 bits per heavy atom. The molecule has 0 fully saturated rings. The molecular weight excluding hydrogens is 148 g/mol. The highest BCUT2D eigenvalue weighted by Gasteiger charge is 2.19. The molecule has 0 saturated heterocycles. The summed E-state index contributed by atoms with van der Waals surface area (Å²) in [6, 6.07) is 0.307. The number of nitrogens with one attached hydrogen (secondary N) is 1. The van der Waals surface area contributed by atoms with Gasteiger partial charge in [-0.1, -0.05) is 27.7 Å². The fourth-order valence-electron chi connectivity index (χ4n) is 0.992. The first kappa shape index (κ1) is 11.9.